The van der Waals surface area contributed by atoms with E-state index >= 15 is 0 Å². The Morgan fingerprint density at radius 2 is 2.09 bits per heavy atom. The summed E-state index contributed by atoms with van der Waals surface area (Å²) < 4.78 is 11.5. The van der Waals surface area contributed by atoms with Gasteiger partial charge < -0.3 is 30.6 Å². The molecule has 1 fully saturated rings. The second-order valence-electron chi connectivity index (χ2n) is 9.04. The van der Waals surface area contributed by atoms with Gasteiger partial charge in [0, 0.05) is 25.7 Å². The Bertz CT molecular complexity index is 936. The lowest BCUT2D eigenvalue weighted by atomic mass is 10.1. The van der Waals surface area contributed by atoms with E-state index in [4.69, 9.17) is 9.26 Å². The summed E-state index contributed by atoms with van der Waals surface area (Å²) in [6, 6.07) is 4.09. The van der Waals surface area contributed by atoms with Gasteiger partial charge in [0.2, 0.25) is 11.8 Å². The second-order valence-corrected chi connectivity index (χ2v) is 9.04. The van der Waals surface area contributed by atoms with Gasteiger partial charge in [0.1, 0.15) is 17.7 Å². The van der Waals surface area contributed by atoms with Crippen molar-refractivity contribution in [3.8, 4) is 5.88 Å². The third-order valence-electron chi connectivity index (χ3n) is 5.62. The maximum atomic E-state index is 6.11. The first-order valence-electron chi connectivity index (χ1n) is 11.3. The lowest BCUT2D eigenvalue weighted by Crippen LogP contribution is -2.38. The summed E-state index contributed by atoms with van der Waals surface area (Å²) >= 11 is 0. The predicted octanol–water partition coefficient (Wildman–Crippen LogP) is 2.67. The standard InChI is InChI=1S/C22H34N8O2/c1-13(2)17-8-16(32-29-17)12-24-22-26-19(10-21(27-22)31-15-6-7-23-11-15)25-20-9-18(14(3)4)30(5)28-20/h8-10,13-15,18,23,28H,6-7,11-12H2,1-5H3,(H2,24,25,26,27). The average molecular weight is 443 g/mol. The van der Waals surface area contributed by atoms with Crippen LogP contribution in [0.1, 0.15) is 51.5 Å². The highest BCUT2D eigenvalue weighted by atomic mass is 16.5. The molecule has 4 N–H and O–H groups in total. The van der Waals surface area contributed by atoms with E-state index in [1.54, 1.807) is 0 Å². The molecule has 0 bridgehead atoms. The summed E-state index contributed by atoms with van der Waals surface area (Å²) in [4.78, 5) is 9.19. The molecule has 2 unspecified atom stereocenters. The molecule has 2 aliphatic rings. The molecule has 0 radical (unpaired) electrons. The van der Waals surface area contributed by atoms with Crippen LogP contribution in [-0.4, -0.2) is 52.4 Å². The fourth-order valence-electron chi connectivity index (χ4n) is 3.81. The van der Waals surface area contributed by atoms with Gasteiger partial charge >= 0.3 is 0 Å². The van der Waals surface area contributed by atoms with Gasteiger partial charge in [-0.3, -0.25) is 0 Å². The molecular weight excluding hydrogens is 408 g/mol. The summed E-state index contributed by atoms with van der Waals surface area (Å²) in [6.07, 6.45) is 3.23. The Morgan fingerprint density at radius 1 is 1.25 bits per heavy atom. The van der Waals surface area contributed by atoms with Crippen LogP contribution in [-0.2, 0) is 6.54 Å². The third kappa shape index (κ3) is 5.49. The summed E-state index contributed by atoms with van der Waals surface area (Å²) in [5.41, 5.74) is 4.27. The van der Waals surface area contributed by atoms with E-state index < -0.39 is 0 Å². The molecule has 2 aromatic rings. The summed E-state index contributed by atoms with van der Waals surface area (Å²) in [5, 5.41) is 16.1. The van der Waals surface area contributed by atoms with Crippen LogP contribution < -0.4 is 26.1 Å². The van der Waals surface area contributed by atoms with Gasteiger partial charge in [0.15, 0.2) is 5.76 Å². The number of likely N-dealkylation sites (N-methyl/N-ethyl adjacent to an activating group) is 1. The second kappa shape index (κ2) is 9.74. The van der Waals surface area contributed by atoms with Crippen molar-refractivity contribution in [2.24, 2.45) is 5.92 Å². The van der Waals surface area contributed by atoms with Gasteiger partial charge in [0.25, 0.3) is 0 Å². The van der Waals surface area contributed by atoms with Crippen LogP contribution in [0.15, 0.2) is 28.6 Å². The fraction of sp³-hybridized carbons (Fsp3) is 0.591. The average Bonchev–Trinajstić information content (AvgIpc) is 3.48. The van der Waals surface area contributed by atoms with Crippen LogP contribution >= 0.6 is 0 Å². The van der Waals surface area contributed by atoms with Crippen LogP contribution in [0.4, 0.5) is 11.8 Å². The Morgan fingerprint density at radius 3 is 2.75 bits per heavy atom. The van der Waals surface area contributed by atoms with Crippen molar-refractivity contribution in [3.05, 3.63) is 35.5 Å². The molecule has 2 atom stereocenters. The van der Waals surface area contributed by atoms with Gasteiger partial charge in [-0.25, -0.2) is 5.01 Å². The lowest BCUT2D eigenvalue weighted by molar-refractivity contribution is 0.206. The fourth-order valence-corrected chi connectivity index (χ4v) is 3.81. The zero-order chi connectivity index (χ0) is 22.7. The number of aromatic nitrogens is 3. The topological polar surface area (TPSA) is 112 Å². The van der Waals surface area contributed by atoms with E-state index in [9.17, 15) is 0 Å². The van der Waals surface area contributed by atoms with E-state index in [0.717, 1.165) is 36.8 Å². The summed E-state index contributed by atoms with van der Waals surface area (Å²) in [5.74, 6) is 4.08. The van der Waals surface area contributed by atoms with Gasteiger partial charge in [-0.2, -0.15) is 9.97 Å². The summed E-state index contributed by atoms with van der Waals surface area (Å²) in [7, 11) is 2.03. The first-order valence-corrected chi connectivity index (χ1v) is 11.3. The minimum Gasteiger partial charge on any atom is -0.473 e. The van der Waals surface area contributed by atoms with Gasteiger partial charge in [0.05, 0.1) is 18.3 Å². The number of nitrogens with one attached hydrogen (secondary N) is 4. The minimum atomic E-state index is 0.105. The van der Waals surface area contributed by atoms with Crippen LogP contribution in [0.3, 0.4) is 0 Å². The molecule has 4 heterocycles. The highest BCUT2D eigenvalue weighted by Crippen LogP contribution is 2.23. The number of rotatable bonds is 9. The van der Waals surface area contributed by atoms with E-state index in [2.05, 4.69) is 75.3 Å². The molecule has 10 heteroatoms. The van der Waals surface area contributed by atoms with Crippen molar-refractivity contribution in [2.45, 2.75) is 58.7 Å². The molecule has 174 valence electrons. The number of nitrogens with zero attached hydrogens (tertiary/aromatic N) is 4. The molecule has 10 nitrogen and oxygen atoms in total. The zero-order valence-corrected chi connectivity index (χ0v) is 19.5. The zero-order valence-electron chi connectivity index (χ0n) is 19.5. The minimum absolute atomic E-state index is 0.105. The lowest BCUT2D eigenvalue weighted by Gasteiger charge is -2.22. The first-order chi connectivity index (χ1) is 15.4. The highest BCUT2D eigenvalue weighted by Gasteiger charge is 2.24. The van der Waals surface area contributed by atoms with E-state index in [-0.39, 0.29) is 6.10 Å². The van der Waals surface area contributed by atoms with Gasteiger partial charge in [-0.05, 0) is 30.9 Å². The van der Waals surface area contributed by atoms with Crippen LogP contribution in [0.25, 0.3) is 0 Å². The monoisotopic (exact) mass is 442 g/mol. The van der Waals surface area contributed by atoms with Gasteiger partial charge in [-0.15, -0.1) is 0 Å². The summed E-state index contributed by atoms with van der Waals surface area (Å²) in [6.45, 7) is 10.8. The predicted molar refractivity (Wildman–Crippen MR) is 123 cm³/mol. The Labute approximate surface area is 189 Å². The molecule has 0 aromatic carbocycles. The number of hydrogen-bond donors (Lipinski definition) is 4. The van der Waals surface area contributed by atoms with Crippen molar-refractivity contribution in [1.82, 2.24) is 30.9 Å². The molecule has 0 spiro atoms. The van der Waals surface area contributed by atoms with Crippen LogP contribution in [0.5, 0.6) is 5.88 Å². The van der Waals surface area contributed by atoms with Crippen molar-refractivity contribution in [2.75, 3.05) is 30.8 Å². The number of anilines is 2. The first kappa shape index (κ1) is 22.3. The highest BCUT2D eigenvalue weighted by molar-refractivity contribution is 5.48. The molecule has 0 aliphatic carbocycles. The van der Waals surface area contributed by atoms with Gasteiger partial charge in [-0.1, -0.05) is 32.9 Å². The van der Waals surface area contributed by atoms with Crippen LogP contribution in [0.2, 0.25) is 0 Å². The Hall–Kier alpha value is -2.85. The van der Waals surface area contributed by atoms with Crippen molar-refractivity contribution >= 4 is 11.8 Å². The largest absolute Gasteiger partial charge is 0.473 e. The normalized spacial score (nSPS) is 21.2. The van der Waals surface area contributed by atoms with Crippen LogP contribution in [0, 0.1) is 5.92 Å². The number of hydrogen-bond acceptors (Lipinski definition) is 10. The number of ether oxygens (including phenoxy) is 1. The molecular formula is C22H34N8O2. The molecule has 0 saturated carbocycles. The smallest absolute Gasteiger partial charge is 0.228 e. The Kier molecular flexibility index (Phi) is 6.80. The maximum Gasteiger partial charge on any atom is 0.228 e. The third-order valence-corrected chi connectivity index (χ3v) is 5.62. The van der Waals surface area contributed by atoms with E-state index in [0.29, 0.717) is 42.1 Å². The van der Waals surface area contributed by atoms with E-state index in [1.165, 1.54) is 0 Å². The van der Waals surface area contributed by atoms with Crippen molar-refractivity contribution in [1.29, 1.82) is 0 Å². The molecule has 1 saturated heterocycles. The maximum absolute atomic E-state index is 6.11. The van der Waals surface area contributed by atoms with Crippen molar-refractivity contribution < 1.29 is 9.26 Å². The molecule has 32 heavy (non-hydrogen) atoms. The Balaban J connectivity index is 1.50. The number of hydrazine groups is 1. The quantitative estimate of drug-likeness (QED) is 0.462. The SMILES string of the molecule is CC(C)c1cc(CNc2nc(NC3=CC(C(C)C)N(C)N3)cc(OC3CCNC3)n2)on1. The molecule has 2 aromatic heterocycles. The van der Waals surface area contributed by atoms with Crippen molar-refractivity contribution in [3.63, 3.8) is 0 Å². The molecule has 0 amide bonds. The van der Waals surface area contributed by atoms with E-state index in [1.807, 2.05) is 19.2 Å². The molecule has 4 rings (SSSR count). The molecule has 2 aliphatic heterocycles.